The van der Waals surface area contributed by atoms with Crippen LogP contribution in [0, 0.1) is 11.8 Å². The minimum absolute atomic E-state index is 0. The van der Waals surface area contributed by atoms with Crippen LogP contribution in [-0.4, -0.2) is 49.5 Å². The Morgan fingerprint density at radius 1 is 1.09 bits per heavy atom. The van der Waals surface area contributed by atoms with Crippen molar-refractivity contribution >= 4 is 35.8 Å². The summed E-state index contributed by atoms with van der Waals surface area (Å²) in [5.74, 6) is 2.64. The molecule has 0 spiro atoms. The molecule has 0 aromatic rings. The Labute approximate surface area is 157 Å². The smallest absolute Gasteiger partial charge is 0.243 e. The van der Waals surface area contributed by atoms with E-state index in [1.165, 1.54) is 51.4 Å². The van der Waals surface area contributed by atoms with Gasteiger partial charge in [-0.3, -0.25) is 4.79 Å². The van der Waals surface area contributed by atoms with Crippen molar-refractivity contribution < 1.29 is 4.79 Å². The van der Waals surface area contributed by atoms with Crippen molar-refractivity contribution in [2.75, 3.05) is 20.6 Å². The average molecular weight is 434 g/mol. The molecule has 0 heterocycles. The third kappa shape index (κ3) is 4.97. The third-order valence-electron chi connectivity index (χ3n) is 5.63. The Hall–Kier alpha value is -0.530. The van der Waals surface area contributed by atoms with E-state index in [-0.39, 0.29) is 36.4 Å². The fourth-order valence-corrected chi connectivity index (χ4v) is 4.28. The number of carbonyl (C=O) groups excluding carboxylic acids is 1. The van der Waals surface area contributed by atoms with Crippen LogP contribution in [0.15, 0.2) is 4.99 Å². The van der Waals surface area contributed by atoms with Gasteiger partial charge in [-0.05, 0) is 43.9 Å². The van der Waals surface area contributed by atoms with E-state index in [1.807, 2.05) is 0 Å². The second-order valence-corrected chi connectivity index (χ2v) is 7.50. The van der Waals surface area contributed by atoms with E-state index in [4.69, 9.17) is 0 Å². The standard InChI is InChI=1S/C17H30N4O.HI/c1-21(2)16(22)11-18-17(19-14-5-3-4-6-14)20-15-10-12-7-8-13(15)9-12;/h12-15H,3-11H2,1-2H3,(H2,18,19,20);1H. The van der Waals surface area contributed by atoms with Gasteiger partial charge in [0.05, 0.1) is 0 Å². The molecule has 23 heavy (non-hydrogen) atoms. The van der Waals surface area contributed by atoms with E-state index in [2.05, 4.69) is 15.6 Å². The Morgan fingerprint density at radius 2 is 1.83 bits per heavy atom. The number of aliphatic imine (C=N–C) groups is 1. The van der Waals surface area contributed by atoms with Crippen molar-refractivity contribution in [1.29, 1.82) is 0 Å². The van der Waals surface area contributed by atoms with Crippen molar-refractivity contribution in [3.63, 3.8) is 0 Å². The molecule has 5 nitrogen and oxygen atoms in total. The van der Waals surface area contributed by atoms with Gasteiger partial charge in [-0.1, -0.05) is 19.3 Å². The number of carbonyl (C=O) groups is 1. The maximum absolute atomic E-state index is 11.8. The predicted octanol–water partition coefficient (Wildman–Crippen LogP) is 2.36. The fourth-order valence-electron chi connectivity index (χ4n) is 4.28. The molecule has 3 unspecified atom stereocenters. The first-order valence-electron chi connectivity index (χ1n) is 8.89. The van der Waals surface area contributed by atoms with Gasteiger partial charge in [0, 0.05) is 26.2 Å². The lowest BCUT2D eigenvalue weighted by Crippen LogP contribution is -2.48. The number of fused-ring (bicyclic) bond motifs is 2. The quantitative estimate of drug-likeness (QED) is 0.406. The van der Waals surface area contributed by atoms with Crippen LogP contribution in [0.4, 0.5) is 0 Å². The van der Waals surface area contributed by atoms with Gasteiger partial charge in [-0.25, -0.2) is 4.99 Å². The molecular formula is C17H31IN4O. The zero-order valence-electron chi connectivity index (χ0n) is 14.4. The largest absolute Gasteiger partial charge is 0.354 e. The molecule has 0 saturated heterocycles. The van der Waals surface area contributed by atoms with Crippen molar-refractivity contribution in [3.8, 4) is 0 Å². The van der Waals surface area contributed by atoms with Gasteiger partial charge in [-0.15, -0.1) is 24.0 Å². The van der Waals surface area contributed by atoms with Gasteiger partial charge in [-0.2, -0.15) is 0 Å². The fraction of sp³-hybridized carbons (Fsp3) is 0.882. The van der Waals surface area contributed by atoms with Crippen LogP contribution >= 0.6 is 24.0 Å². The second kappa shape index (κ2) is 8.53. The molecule has 3 fully saturated rings. The first-order valence-corrected chi connectivity index (χ1v) is 8.89. The minimum atomic E-state index is 0. The van der Waals surface area contributed by atoms with Gasteiger partial charge in [0.15, 0.2) is 5.96 Å². The van der Waals surface area contributed by atoms with Gasteiger partial charge in [0.1, 0.15) is 6.54 Å². The summed E-state index contributed by atoms with van der Waals surface area (Å²) in [5, 5.41) is 7.20. The molecule has 3 aliphatic carbocycles. The van der Waals surface area contributed by atoms with Crippen molar-refractivity contribution in [1.82, 2.24) is 15.5 Å². The maximum Gasteiger partial charge on any atom is 0.243 e. The van der Waals surface area contributed by atoms with Crippen molar-refractivity contribution in [3.05, 3.63) is 0 Å². The van der Waals surface area contributed by atoms with Gasteiger partial charge in [0.2, 0.25) is 5.91 Å². The normalized spacial score (nSPS) is 30.2. The van der Waals surface area contributed by atoms with Crippen LogP contribution in [-0.2, 0) is 4.79 Å². The number of likely N-dealkylation sites (N-methyl/N-ethyl adjacent to an activating group) is 1. The maximum atomic E-state index is 11.8. The van der Waals surface area contributed by atoms with Crippen LogP contribution in [0.5, 0.6) is 0 Å². The number of nitrogens with zero attached hydrogens (tertiary/aromatic N) is 2. The van der Waals surface area contributed by atoms with Crippen LogP contribution in [0.1, 0.15) is 51.4 Å². The molecule has 3 rings (SSSR count). The Balaban J connectivity index is 0.00000192. The lowest BCUT2D eigenvalue weighted by molar-refractivity contribution is -0.127. The number of hydrogen-bond acceptors (Lipinski definition) is 2. The summed E-state index contributed by atoms with van der Waals surface area (Å²) in [6, 6.07) is 1.08. The summed E-state index contributed by atoms with van der Waals surface area (Å²) >= 11 is 0. The molecule has 3 atom stereocenters. The van der Waals surface area contributed by atoms with Gasteiger partial charge in [0.25, 0.3) is 0 Å². The molecule has 132 valence electrons. The van der Waals surface area contributed by atoms with Crippen LogP contribution in [0.3, 0.4) is 0 Å². The number of hydrogen-bond donors (Lipinski definition) is 2. The molecule has 3 aliphatic rings. The zero-order valence-corrected chi connectivity index (χ0v) is 16.7. The highest BCUT2D eigenvalue weighted by molar-refractivity contribution is 14.0. The molecule has 0 aliphatic heterocycles. The first-order chi connectivity index (χ1) is 10.6. The number of nitrogens with one attached hydrogen (secondary N) is 2. The summed E-state index contributed by atoms with van der Waals surface area (Å²) < 4.78 is 0. The van der Waals surface area contributed by atoms with E-state index >= 15 is 0 Å². The molecule has 1 amide bonds. The van der Waals surface area contributed by atoms with Gasteiger partial charge >= 0.3 is 0 Å². The van der Waals surface area contributed by atoms with Crippen molar-refractivity contribution in [2.24, 2.45) is 16.8 Å². The summed E-state index contributed by atoms with van der Waals surface area (Å²) in [7, 11) is 3.57. The minimum Gasteiger partial charge on any atom is -0.354 e. The average Bonchev–Trinajstić information content (AvgIpc) is 3.21. The highest BCUT2D eigenvalue weighted by Crippen LogP contribution is 2.44. The SMILES string of the molecule is CN(C)C(=O)CN=C(NC1CCCC1)NC1CC2CCC1C2.I. The zero-order chi connectivity index (χ0) is 15.5. The summed E-state index contributed by atoms with van der Waals surface area (Å²) in [4.78, 5) is 18.0. The predicted molar refractivity (Wildman–Crippen MR) is 104 cm³/mol. The molecule has 0 radical (unpaired) electrons. The van der Waals surface area contributed by atoms with E-state index < -0.39 is 0 Å². The van der Waals surface area contributed by atoms with Crippen molar-refractivity contribution in [2.45, 2.75) is 63.5 Å². The number of guanidine groups is 1. The second-order valence-electron chi connectivity index (χ2n) is 7.50. The Morgan fingerprint density at radius 3 is 2.39 bits per heavy atom. The third-order valence-corrected chi connectivity index (χ3v) is 5.63. The summed E-state index contributed by atoms with van der Waals surface area (Å²) in [6.07, 6.45) is 10.5. The summed E-state index contributed by atoms with van der Waals surface area (Å²) in [6.45, 7) is 0.232. The highest BCUT2D eigenvalue weighted by atomic mass is 127. The molecule has 2 N–H and O–H groups in total. The molecule has 2 bridgehead atoms. The van der Waals surface area contributed by atoms with Gasteiger partial charge < -0.3 is 15.5 Å². The number of halogens is 1. The van der Waals surface area contributed by atoms with E-state index in [9.17, 15) is 4.79 Å². The van der Waals surface area contributed by atoms with Crippen LogP contribution < -0.4 is 10.6 Å². The van der Waals surface area contributed by atoms with Crippen LogP contribution in [0.25, 0.3) is 0 Å². The van der Waals surface area contributed by atoms with E-state index in [0.717, 1.165) is 17.8 Å². The van der Waals surface area contributed by atoms with E-state index in [0.29, 0.717) is 12.1 Å². The number of amides is 1. The first kappa shape index (κ1) is 18.8. The number of rotatable bonds is 4. The van der Waals surface area contributed by atoms with Crippen LogP contribution in [0.2, 0.25) is 0 Å². The molecule has 3 saturated carbocycles. The van der Waals surface area contributed by atoms with E-state index in [1.54, 1.807) is 19.0 Å². The molecule has 6 heteroatoms. The monoisotopic (exact) mass is 434 g/mol. The summed E-state index contributed by atoms with van der Waals surface area (Å²) in [5.41, 5.74) is 0. The Bertz CT molecular complexity index is 434. The highest BCUT2D eigenvalue weighted by Gasteiger charge is 2.40. The lowest BCUT2D eigenvalue weighted by Gasteiger charge is -2.26. The molecule has 0 aromatic heterocycles. The lowest BCUT2D eigenvalue weighted by atomic mass is 9.95. The molecule has 0 aromatic carbocycles. The topological polar surface area (TPSA) is 56.7 Å². The molecular weight excluding hydrogens is 403 g/mol. The Kier molecular flexibility index (Phi) is 6.98.